The zero-order chi connectivity index (χ0) is 17.2. The summed E-state index contributed by atoms with van der Waals surface area (Å²) in [7, 11) is 0. The Morgan fingerprint density at radius 2 is 1.96 bits per heavy atom. The second-order valence-electron chi connectivity index (χ2n) is 5.50. The van der Waals surface area contributed by atoms with Crippen LogP contribution in [0.15, 0.2) is 42.7 Å². The Hall–Kier alpha value is -2.51. The molecule has 0 amide bonds. The highest BCUT2D eigenvalue weighted by Gasteiger charge is 2.33. The van der Waals surface area contributed by atoms with E-state index in [1.807, 2.05) is 6.20 Å². The van der Waals surface area contributed by atoms with Crippen molar-refractivity contribution in [3.63, 3.8) is 0 Å². The molecule has 1 fully saturated rings. The highest BCUT2D eigenvalue weighted by molar-refractivity contribution is 5.89. The maximum absolute atomic E-state index is 12.2. The van der Waals surface area contributed by atoms with Crippen LogP contribution in [-0.4, -0.2) is 28.2 Å². The van der Waals surface area contributed by atoms with Crippen molar-refractivity contribution < 1.29 is 27.4 Å². The molecule has 0 unspecified atom stereocenters. The first-order valence-electron chi connectivity index (χ1n) is 7.48. The molecule has 1 saturated carbocycles. The average Bonchev–Trinajstić information content (AvgIpc) is 3.16. The number of hydrogen-bond acceptors (Lipinski definition) is 4. The van der Waals surface area contributed by atoms with E-state index >= 15 is 0 Å². The van der Waals surface area contributed by atoms with Crippen molar-refractivity contribution in [2.75, 3.05) is 0 Å². The fourth-order valence-electron chi connectivity index (χ4n) is 2.82. The number of carbonyl (C=O) groups excluding carboxylic acids is 1. The highest BCUT2D eigenvalue weighted by atomic mass is 19.4. The fourth-order valence-corrected chi connectivity index (χ4v) is 2.82. The van der Waals surface area contributed by atoms with E-state index in [0.29, 0.717) is 0 Å². The maximum atomic E-state index is 12.2. The number of halogens is 3. The zero-order valence-corrected chi connectivity index (χ0v) is 12.6. The van der Waals surface area contributed by atoms with Crippen molar-refractivity contribution in [2.45, 2.75) is 37.8 Å². The van der Waals surface area contributed by atoms with Crippen LogP contribution in [0.4, 0.5) is 13.2 Å². The van der Waals surface area contributed by atoms with Crippen LogP contribution in [0, 0.1) is 0 Å². The lowest BCUT2D eigenvalue weighted by Crippen LogP contribution is -2.25. The molecule has 3 rings (SSSR count). The normalized spacial score (nSPS) is 20.8. The largest absolute Gasteiger partial charge is 0.573 e. The minimum absolute atomic E-state index is 0.0169. The molecule has 0 aliphatic heterocycles. The van der Waals surface area contributed by atoms with Gasteiger partial charge in [-0.15, -0.1) is 13.2 Å². The van der Waals surface area contributed by atoms with Gasteiger partial charge in [-0.05, 0) is 49.6 Å². The van der Waals surface area contributed by atoms with Gasteiger partial charge in [-0.25, -0.2) is 4.79 Å². The van der Waals surface area contributed by atoms with Gasteiger partial charge in [0.15, 0.2) is 0 Å². The smallest absolute Gasteiger partial charge is 0.457 e. The van der Waals surface area contributed by atoms with E-state index < -0.39 is 12.3 Å². The molecule has 0 spiro atoms. The molecule has 1 aliphatic rings. The molecule has 2 atom stereocenters. The molecule has 1 aliphatic carbocycles. The first-order valence-corrected chi connectivity index (χ1v) is 7.48. The van der Waals surface area contributed by atoms with E-state index in [-0.39, 0.29) is 23.5 Å². The van der Waals surface area contributed by atoms with Gasteiger partial charge in [0.05, 0.1) is 11.6 Å². The number of alkyl halides is 3. The molecule has 24 heavy (non-hydrogen) atoms. The standard InChI is InChI=1S/C16H15F3N2O3/c17-16(18,19)24-12-7-5-11(6-8-12)15(22)23-14-4-1-3-13(14)21-10-2-9-20-21/h2,5-10,13-14H,1,3-4H2/t13-,14-/m1/s1. The van der Waals surface area contributed by atoms with Crippen LogP contribution in [0.5, 0.6) is 5.75 Å². The van der Waals surface area contributed by atoms with Gasteiger partial charge in [0.1, 0.15) is 11.9 Å². The molecule has 0 saturated heterocycles. The summed E-state index contributed by atoms with van der Waals surface area (Å²) in [6.45, 7) is 0. The summed E-state index contributed by atoms with van der Waals surface area (Å²) in [5, 5.41) is 4.18. The Labute approximate surface area is 136 Å². The number of nitrogens with zero attached hydrogens (tertiary/aromatic N) is 2. The monoisotopic (exact) mass is 340 g/mol. The summed E-state index contributed by atoms with van der Waals surface area (Å²) in [5.41, 5.74) is 0.177. The van der Waals surface area contributed by atoms with Crippen molar-refractivity contribution in [2.24, 2.45) is 0 Å². The van der Waals surface area contributed by atoms with Gasteiger partial charge in [0, 0.05) is 12.4 Å². The van der Waals surface area contributed by atoms with E-state index in [4.69, 9.17) is 4.74 Å². The SMILES string of the molecule is O=C(O[C@@H]1CCC[C@H]1n1cccn1)c1ccc(OC(F)(F)F)cc1. The van der Waals surface area contributed by atoms with Gasteiger partial charge < -0.3 is 9.47 Å². The highest BCUT2D eigenvalue weighted by Crippen LogP contribution is 2.32. The lowest BCUT2D eigenvalue weighted by atomic mass is 10.2. The van der Waals surface area contributed by atoms with E-state index in [9.17, 15) is 18.0 Å². The molecule has 2 aromatic rings. The molecule has 1 aromatic heterocycles. The number of ether oxygens (including phenoxy) is 2. The van der Waals surface area contributed by atoms with Gasteiger partial charge in [0.2, 0.25) is 0 Å². The first kappa shape index (κ1) is 16.4. The maximum Gasteiger partial charge on any atom is 0.573 e. The Kier molecular flexibility index (Phi) is 4.46. The predicted octanol–water partition coefficient (Wildman–Crippen LogP) is 3.73. The summed E-state index contributed by atoms with van der Waals surface area (Å²) < 4.78 is 47.4. The van der Waals surface area contributed by atoms with Crippen LogP contribution >= 0.6 is 0 Å². The lowest BCUT2D eigenvalue weighted by Gasteiger charge is -2.20. The van der Waals surface area contributed by atoms with Crippen LogP contribution < -0.4 is 4.74 Å². The molecular formula is C16H15F3N2O3. The minimum Gasteiger partial charge on any atom is -0.457 e. The summed E-state index contributed by atoms with van der Waals surface area (Å²) in [5.74, 6) is -0.952. The Morgan fingerprint density at radius 3 is 2.58 bits per heavy atom. The van der Waals surface area contributed by atoms with E-state index in [1.54, 1.807) is 16.9 Å². The molecule has 0 radical (unpaired) electrons. The van der Waals surface area contributed by atoms with Crippen LogP contribution in [0.25, 0.3) is 0 Å². The quantitative estimate of drug-likeness (QED) is 0.796. The number of rotatable bonds is 4. The van der Waals surface area contributed by atoms with Crippen LogP contribution in [0.1, 0.15) is 35.7 Å². The fraction of sp³-hybridized carbons (Fsp3) is 0.375. The second-order valence-corrected chi connectivity index (χ2v) is 5.50. The van der Waals surface area contributed by atoms with Gasteiger partial charge in [-0.3, -0.25) is 4.68 Å². The van der Waals surface area contributed by atoms with Gasteiger partial charge in [0.25, 0.3) is 0 Å². The van der Waals surface area contributed by atoms with Crippen molar-refractivity contribution in [1.82, 2.24) is 9.78 Å². The van der Waals surface area contributed by atoms with Crippen LogP contribution in [0.3, 0.4) is 0 Å². The third-order valence-corrected chi connectivity index (χ3v) is 3.86. The molecule has 0 bridgehead atoms. The van der Waals surface area contributed by atoms with E-state index in [0.717, 1.165) is 31.4 Å². The Morgan fingerprint density at radius 1 is 1.21 bits per heavy atom. The molecule has 1 heterocycles. The van der Waals surface area contributed by atoms with Crippen LogP contribution in [-0.2, 0) is 4.74 Å². The molecule has 8 heteroatoms. The average molecular weight is 340 g/mol. The summed E-state index contributed by atoms with van der Waals surface area (Å²) in [6, 6.07) is 6.46. The second kappa shape index (κ2) is 6.54. The molecule has 1 aromatic carbocycles. The Balaban J connectivity index is 1.64. The molecule has 128 valence electrons. The number of benzene rings is 1. The third kappa shape index (κ3) is 3.87. The summed E-state index contributed by atoms with van der Waals surface area (Å²) >= 11 is 0. The first-order chi connectivity index (χ1) is 11.4. The van der Waals surface area contributed by atoms with Crippen LogP contribution in [0.2, 0.25) is 0 Å². The van der Waals surface area contributed by atoms with Crippen molar-refractivity contribution in [3.8, 4) is 5.75 Å². The number of esters is 1. The number of hydrogen-bond donors (Lipinski definition) is 0. The molecular weight excluding hydrogens is 325 g/mol. The lowest BCUT2D eigenvalue weighted by molar-refractivity contribution is -0.274. The van der Waals surface area contributed by atoms with Crippen molar-refractivity contribution >= 4 is 5.97 Å². The number of aromatic nitrogens is 2. The zero-order valence-electron chi connectivity index (χ0n) is 12.6. The van der Waals surface area contributed by atoms with Gasteiger partial charge >= 0.3 is 12.3 Å². The van der Waals surface area contributed by atoms with Gasteiger partial charge in [-0.1, -0.05) is 0 Å². The summed E-state index contributed by atoms with van der Waals surface area (Å²) in [6.07, 6.45) is 0.924. The Bertz CT molecular complexity index is 684. The molecule has 5 nitrogen and oxygen atoms in total. The third-order valence-electron chi connectivity index (χ3n) is 3.86. The predicted molar refractivity (Wildman–Crippen MR) is 77.4 cm³/mol. The van der Waals surface area contributed by atoms with E-state index in [1.165, 1.54) is 12.1 Å². The van der Waals surface area contributed by atoms with E-state index in [2.05, 4.69) is 9.84 Å². The topological polar surface area (TPSA) is 53.4 Å². The summed E-state index contributed by atoms with van der Waals surface area (Å²) in [4.78, 5) is 12.2. The van der Waals surface area contributed by atoms with Gasteiger partial charge in [-0.2, -0.15) is 5.10 Å². The number of carbonyl (C=O) groups is 1. The molecule has 0 N–H and O–H groups in total. The van der Waals surface area contributed by atoms with Crippen molar-refractivity contribution in [1.29, 1.82) is 0 Å². The van der Waals surface area contributed by atoms with Crippen molar-refractivity contribution in [3.05, 3.63) is 48.3 Å². The minimum atomic E-state index is -4.76.